The Morgan fingerprint density at radius 1 is 0.769 bits per heavy atom. The lowest BCUT2D eigenvalue weighted by atomic mass is 9.73. The van der Waals surface area contributed by atoms with Gasteiger partial charge in [0.15, 0.2) is 0 Å². The van der Waals surface area contributed by atoms with Crippen LogP contribution in [0.4, 0.5) is 5.69 Å². The molecule has 3 heterocycles. The van der Waals surface area contributed by atoms with Crippen LogP contribution < -0.4 is 4.90 Å². The van der Waals surface area contributed by atoms with Gasteiger partial charge in [-0.15, -0.1) is 0 Å². The largest absolute Gasteiger partial charge is 0.359 e. The van der Waals surface area contributed by atoms with E-state index in [-0.39, 0.29) is 11.8 Å². The van der Waals surface area contributed by atoms with Crippen molar-refractivity contribution in [1.29, 1.82) is 0 Å². The molecule has 0 N–H and O–H groups in total. The van der Waals surface area contributed by atoms with Crippen LogP contribution in [0.25, 0.3) is 11.1 Å². The van der Waals surface area contributed by atoms with Crippen molar-refractivity contribution in [2.75, 3.05) is 4.90 Å². The van der Waals surface area contributed by atoms with Gasteiger partial charge in [0.05, 0.1) is 28.7 Å². The monoisotopic (exact) mass is 345 g/mol. The van der Waals surface area contributed by atoms with Gasteiger partial charge in [-0.3, -0.25) is 9.59 Å². The smallest absolute Gasteiger partial charge is 0.241 e. The maximum absolute atomic E-state index is 13.1. The maximum atomic E-state index is 13.1. The average molecular weight is 345 g/mol. The standard InChI is InChI=1S/C22H19NO3/c1-21-12-13-22(2,26-21)18-17(21)19(24)23(20(18)25)16-10-8-15(9-11-16)14-6-4-3-5-7-14/h3-13,17-18H,1-2H3/t17-,18-,21+,22+/m1/s1. The Kier molecular flexibility index (Phi) is 2.94. The fourth-order valence-corrected chi connectivity index (χ4v) is 4.72. The molecule has 0 spiro atoms. The quantitative estimate of drug-likeness (QED) is 0.617. The molecule has 2 aromatic rings. The van der Waals surface area contributed by atoms with Crippen LogP contribution in [-0.4, -0.2) is 23.0 Å². The SMILES string of the molecule is C[C@@]12C=C[C@](C)(O1)[C@H]1C(=O)N(c3ccc(-c4ccccc4)cc3)C(=O)[C@@H]12. The highest BCUT2D eigenvalue weighted by Crippen LogP contribution is 2.57. The van der Waals surface area contributed by atoms with Crippen LogP contribution in [0, 0.1) is 11.8 Å². The predicted octanol–water partition coefficient (Wildman–Crippen LogP) is 3.58. The summed E-state index contributed by atoms with van der Waals surface area (Å²) in [6.07, 6.45) is 3.86. The molecule has 0 unspecified atom stereocenters. The van der Waals surface area contributed by atoms with Crippen LogP contribution in [0.1, 0.15) is 13.8 Å². The third-order valence-electron chi connectivity index (χ3n) is 5.96. The van der Waals surface area contributed by atoms with Gasteiger partial charge in [-0.1, -0.05) is 54.6 Å². The molecule has 3 aliphatic heterocycles. The summed E-state index contributed by atoms with van der Waals surface area (Å²) in [7, 11) is 0. The molecule has 26 heavy (non-hydrogen) atoms. The van der Waals surface area contributed by atoms with Crippen LogP contribution >= 0.6 is 0 Å². The molecule has 2 saturated heterocycles. The molecule has 2 amide bonds. The van der Waals surface area contributed by atoms with E-state index in [1.807, 2.05) is 80.6 Å². The minimum Gasteiger partial charge on any atom is -0.359 e. The fourth-order valence-electron chi connectivity index (χ4n) is 4.72. The number of hydrogen-bond acceptors (Lipinski definition) is 3. The second kappa shape index (κ2) is 4.92. The van der Waals surface area contributed by atoms with Crippen molar-refractivity contribution in [2.45, 2.75) is 25.0 Å². The maximum Gasteiger partial charge on any atom is 0.241 e. The number of imide groups is 1. The van der Waals surface area contributed by atoms with Gasteiger partial charge in [0.1, 0.15) is 0 Å². The first-order valence-corrected chi connectivity index (χ1v) is 8.87. The Hall–Kier alpha value is -2.72. The Bertz CT molecular complexity index is 913. The molecule has 2 aromatic carbocycles. The van der Waals surface area contributed by atoms with Crippen molar-refractivity contribution in [3.05, 3.63) is 66.7 Å². The molecule has 0 aromatic heterocycles. The van der Waals surface area contributed by atoms with Crippen molar-refractivity contribution in [1.82, 2.24) is 0 Å². The fraction of sp³-hybridized carbons (Fsp3) is 0.273. The van der Waals surface area contributed by atoms with E-state index in [9.17, 15) is 9.59 Å². The molecule has 0 saturated carbocycles. The minimum atomic E-state index is -0.690. The van der Waals surface area contributed by atoms with Gasteiger partial charge in [-0.25, -0.2) is 4.90 Å². The van der Waals surface area contributed by atoms with Gasteiger partial charge < -0.3 is 4.74 Å². The predicted molar refractivity (Wildman–Crippen MR) is 98.4 cm³/mol. The zero-order valence-corrected chi connectivity index (χ0v) is 14.7. The highest BCUT2D eigenvalue weighted by molar-refractivity contribution is 6.23. The number of rotatable bonds is 2. The Labute approximate surface area is 152 Å². The number of anilines is 1. The summed E-state index contributed by atoms with van der Waals surface area (Å²) in [5.74, 6) is -1.22. The highest BCUT2D eigenvalue weighted by Gasteiger charge is 2.70. The van der Waals surface area contributed by atoms with E-state index in [2.05, 4.69) is 0 Å². The number of nitrogens with zero attached hydrogens (tertiary/aromatic N) is 1. The van der Waals surface area contributed by atoms with Gasteiger partial charge in [0.25, 0.3) is 0 Å². The number of fused-ring (bicyclic) bond motifs is 5. The lowest BCUT2D eigenvalue weighted by molar-refractivity contribution is -0.128. The number of carbonyl (C=O) groups excluding carboxylic acids is 2. The Morgan fingerprint density at radius 2 is 1.27 bits per heavy atom. The van der Waals surface area contributed by atoms with Crippen LogP contribution in [0.5, 0.6) is 0 Å². The van der Waals surface area contributed by atoms with Gasteiger partial charge in [0, 0.05) is 0 Å². The van der Waals surface area contributed by atoms with E-state index in [0.29, 0.717) is 5.69 Å². The molecule has 2 fully saturated rings. The summed E-state index contributed by atoms with van der Waals surface area (Å²) in [6, 6.07) is 17.6. The lowest BCUT2D eigenvalue weighted by Crippen LogP contribution is -2.39. The van der Waals surface area contributed by atoms with E-state index in [0.717, 1.165) is 11.1 Å². The lowest BCUT2D eigenvalue weighted by Gasteiger charge is -2.25. The molecular weight excluding hydrogens is 326 g/mol. The Balaban J connectivity index is 1.51. The van der Waals surface area contributed by atoms with Crippen LogP contribution in [0.2, 0.25) is 0 Å². The van der Waals surface area contributed by atoms with Crippen LogP contribution in [-0.2, 0) is 14.3 Å². The number of hydrogen-bond donors (Lipinski definition) is 0. The molecular formula is C22H19NO3. The molecule has 4 heteroatoms. The molecule has 0 aliphatic carbocycles. The van der Waals surface area contributed by atoms with Gasteiger partial charge in [-0.05, 0) is 37.1 Å². The minimum absolute atomic E-state index is 0.164. The Morgan fingerprint density at radius 3 is 1.81 bits per heavy atom. The molecule has 4 atom stereocenters. The normalized spacial score (nSPS) is 34.6. The summed E-state index contributed by atoms with van der Waals surface area (Å²) in [5, 5.41) is 0. The van der Waals surface area contributed by atoms with E-state index >= 15 is 0 Å². The van der Waals surface area contributed by atoms with Crippen molar-refractivity contribution < 1.29 is 14.3 Å². The van der Waals surface area contributed by atoms with Gasteiger partial charge in [-0.2, -0.15) is 0 Å². The topological polar surface area (TPSA) is 46.6 Å². The van der Waals surface area contributed by atoms with E-state index in [4.69, 9.17) is 4.74 Å². The first-order chi connectivity index (χ1) is 12.4. The zero-order valence-electron chi connectivity index (χ0n) is 14.7. The van der Waals surface area contributed by atoms with Crippen LogP contribution in [0.15, 0.2) is 66.7 Å². The van der Waals surface area contributed by atoms with E-state index < -0.39 is 23.0 Å². The van der Waals surface area contributed by atoms with E-state index in [1.54, 1.807) is 0 Å². The van der Waals surface area contributed by atoms with Gasteiger partial charge in [0.2, 0.25) is 11.8 Å². The molecule has 0 radical (unpaired) electrons. The molecule has 4 nitrogen and oxygen atoms in total. The van der Waals surface area contributed by atoms with Crippen molar-refractivity contribution >= 4 is 17.5 Å². The summed E-state index contributed by atoms with van der Waals surface area (Å²) in [6.45, 7) is 3.79. The van der Waals surface area contributed by atoms with Crippen molar-refractivity contribution in [3.8, 4) is 11.1 Å². The third-order valence-corrected chi connectivity index (χ3v) is 5.96. The second-order valence-corrected chi connectivity index (χ2v) is 7.68. The first-order valence-electron chi connectivity index (χ1n) is 8.87. The number of carbonyl (C=O) groups is 2. The molecule has 130 valence electrons. The molecule has 5 rings (SSSR count). The summed E-state index contributed by atoms with van der Waals surface area (Å²) in [5.41, 5.74) is 1.40. The molecule has 3 aliphatic rings. The number of ether oxygens (including phenoxy) is 1. The molecule has 2 bridgehead atoms. The van der Waals surface area contributed by atoms with E-state index in [1.165, 1.54) is 4.90 Å². The average Bonchev–Trinajstić information content (AvgIpc) is 3.20. The third kappa shape index (κ3) is 1.88. The summed E-state index contributed by atoms with van der Waals surface area (Å²) >= 11 is 0. The van der Waals surface area contributed by atoms with Crippen molar-refractivity contribution in [3.63, 3.8) is 0 Å². The summed E-state index contributed by atoms with van der Waals surface area (Å²) in [4.78, 5) is 27.5. The summed E-state index contributed by atoms with van der Waals surface area (Å²) < 4.78 is 6.04. The zero-order chi connectivity index (χ0) is 18.1. The van der Waals surface area contributed by atoms with Gasteiger partial charge >= 0.3 is 0 Å². The van der Waals surface area contributed by atoms with Crippen molar-refractivity contribution in [2.24, 2.45) is 11.8 Å². The number of amides is 2. The second-order valence-electron chi connectivity index (χ2n) is 7.68. The highest BCUT2D eigenvalue weighted by atomic mass is 16.5. The number of benzene rings is 2. The van der Waals surface area contributed by atoms with Crippen LogP contribution in [0.3, 0.4) is 0 Å². The first kappa shape index (κ1) is 15.5.